The molecule has 4 N–H and O–H groups in total. The summed E-state index contributed by atoms with van der Waals surface area (Å²) in [5, 5.41) is 12.8. The van der Waals surface area contributed by atoms with Gasteiger partial charge in [-0.05, 0) is 17.7 Å². The van der Waals surface area contributed by atoms with Crippen LogP contribution in [0.3, 0.4) is 0 Å². The highest BCUT2D eigenvalue weighted by atomic mass is 16.5. The molecule has 0 unspecified atom stereocenters. The fraction of sp³-hybridized carbons (Fsp3) is 0.417. The molecule has 0 saturated heterocycles. The van der Waals surface area contributed by atoms with Gasteiger partial charge >= 0.3 is 0 Å². The molecule has 0 saturated carbocycles. The summed E-state index contributed by atoms with van der Waals surface area (Å²) in [6, 6.07) is 3.41. The van der Waals surface area contributed by atoms with Gasteiger partial charge in [0, 0.05) is 19.5 Å². The summed E-state index contributed by atoms with van der Waals surface area (Å²) in [7, 11) is 2.94. The number of hydrogen-bond acceptors (Lipinski definition) is 5. The van der Waals surface area contributed by atoms with Gasteiger partial charge in [0.25, 0.3) is 0 Å². The van der Waals surface area contributed by atoms with Crippen molar-refractivity contribution < 1.29 is 19.4 Å². The molecular formula is C12H18N2O4. The van der Waals surface area contributed by atoms with Gasteiger partial charge in [0.2, 0.25) is 11.7 Å². The summed E-state index contributed by atoms with van der Waals surface area (Å²) in [4.78, 5) is 10.6. The number of phenolic OH excluding ortho intramolecular Hbond substituents is 1. The van der Waals surface area contributed by atoms with E-state index in [0.29, 0.717) is 24.6 Å². The average molecular weight is 254 g/mol. The molecule has 0 aromatic heterocycles. The van der Waals surface area contributed by atoms with E-state index in [1.807, 2.05) is 0 Å². The molecule has 0 spiro atoms. The largest absolute Gasteiger partial charge is 0.502 e. The van der Waals surface area contributed by atoms with Crippen LogP contribution in [0.1, 0.15) is 12.0 Å². The van der Waals surface area contributed by atoms with Gasteiger partial charge in [-0.2, -0.15) is 0 Å². The number of methoxy groups -OCH3 is 2. The van der Waals surface area contributed by atoms with Crippen molar-refractivity contribution in [1.29, 1.82) is 0 Å². The normalized spacial score (nSPS) is 10.1. The van der Waals surface area contributed by atoms with Gasteiger partial charge in [-0.15, -0.1) is 0 Å². The third-order valence-corrected chi connectivity index (χ3v) is 2.42. The number of carbonyl (C=O) groups is 1. The Kier molecular flexibility index (Phi) is 5.26. The van der Waals surface area contributed by atoms with Crippen LogP contribution in [0, 0.1) is 0 Å². The fourth-order valence-electron chi connectivity index (χ4n) is 1.49. The van der Waals surface area contributed by atoms with Gasteiger partial charge in [0.15, 0.2) is 11.5 Å². The Morgan fingerprint density at radius 3 is 2.33 bits per heavy atom. The summed E-state index contributed by atoms with van der Waals surface area (Å²) in [5.41, 5.74) is 5.91. The van der Waals surface area contributed by atoms with Crippen molar-refractivity contribution in [3.05, 3.63) is 17.7 Å². The van der Waals surface area contributed by atoms with Gasteiger partial charge in [-0.3, -0.25) is 4.79 Å². The molecule has 1 aromatic carbocycles. The van der Waals surface area contributed by atoms with Crippen molar-refractivity contribution in [2.24, 2.45) is 5.73 Å². The van der Waals surface area contributed by atoms with E-state index in [-0.39, 0.29) is 18.1 Å². The highest BCUT2D eigenvalue weighted by Gasteiger charge is 2.10. The predicted octanol–water partition coefficient (Wildman–Crippen LogP) is 0.374. The number of aromatic hydroxyl groups is 1. The first kappa shape index (κ1) is 14.1. The van der Waals surface area contributed by atoms with Crippen LogP contribution in [0.5, 0.6) is 17.2 Å². The number of phenols is 1. The van der Waals surface area contributed by atoms with Crippen molar-refractivity contribution in [1.82, 2.24) is 5.32 Å². The standard InChI is InChI=1S/C12H18N2O4/c1-17-9-5-8(6-10(18-2)12(9)16)7-14-4-3-11(13)15/h5-6,14,16H,3-4,7H2,1-2H3,(H2,13,15). The third kappa shape index (κ3) is 3.81. The lowest BCUT2D eigenvalue weighted by atomic mass is 10.2. The molecule has 0 aliphatic carbocycles. The summed E-state index contributed by atoms with van der Waals surface area (Å²) < 4.78 is 10.1. The Balaban J connectivity index is 2.68. The quantitative estimate of drug-likeness (QED) is 0.611. The molecule has 0 fully saturated rings. The molecule has 18 heavy (non-hydrogen) atoms. The molecule has 6 heteroatoms. The molecule has 0 atom stereocenters. The van der Waals surface area contributed by atoms with Crippen LogP contribution in [0.25, 0.3) is 0 Å². The number of amides is 1. The number of hydrogen-bond donors (Lipinski definition) is 3. The molecule has 1 aromatic rings. The van der Waals surface area contributed by atoms with E-state index < -0.39 is 0 Å². The predicted molar refractivity (Wildman–Crippen MR) is 66.7 cm³/mol. The zero-order valence-electron chi connectivity index (χ0n) is 10.5. The Morgan fingerprint density at radius 2 is 1.89 bits per heavy atom. The highest BCUT2D eigenvalue weighted by Crippen LogP contribution is 2.36. The number of ether oxygens (including phenoxy) is 2. The lowest BCUT2D eigenvalue weighted by molar-refractivity contribution is -0.117. The Morgan fingerprint density at radius 1 is 1.33 bits per heavy atom. The Bertz CT molecular complexity index is 396. The maximum Gasteiger partial charge on any atom is 0.218 e. The first-order valence-corrected chi connectivity index (χ1v) is 5.51. The summed E-state index contributed by atoms with van der Waals surface area (Å²) in [6.45, 7) is 1.03. The van der Waals surface area contributed by atoms with Gasteiger partial charge in [-0.1, -0.05) is 0 Å². The third-order valence-electron chi connectivity index (χ3n) is 2.42. The maximum atomic E-state index is 10.6. The van der Waals surface area contributed by atoms with E-state index >= 15 is 0 Å². The summed E-state index contributed by atoms with van der Waals surface area (Å²) in [5.74, 6) is 0.325. The van der Waals surface area contributed by atoms with Crippen molar-refractivity contribution in [2.75, 3.05) is 20.8 Å². The lowest BCUT2D eigenvalue weighted by Crippen LogP contribution is -2.21. The first-order chi connectivity index (χ1) is 8.58. The fourth-order valence-corrected chi connectivity index (χ4v) is 1.49. The molecule has 100 valence electrons. The first-order valence-electron chi connectivity index (χ1n) is 5.51. The van der Waals surface area contributed by atoms with Crippen molar-refractivity contribution in [3.63, 3.8) is 0 Å². The monoisotopic (exact) mass is 254 g/mol. The number of nitrogens with two attached hydrogens (primary N) is 1. The van der Waals surface area contributed by atoms with Gasteiger partial charge in [0.1, 0.15) is 0 Å². The minimum atomic E-state index is -0.344. The number of rotatable bonds is 7. The van der Waals surface area contributed by atoms with Gasteiger partial charge < -0.3 is 25.6 Å². The van der Waals surface area contributed by atoms with Crippen LogP contribution < -0.4 is 20.5 Å². The maximum absolute atomic E-state index is 10.6. The van der Waals surface area contributed by atoms with Crippen LogP contribution in [-0.2, 0) is 11.3 Å². The second-order valence-electron chi connectivity index (χ2n) is 3.74. The molecule has 1 amide bonds. The topological polar surface area (TPSA) is 93.8 Å². The Labute approximate surface area is 106 Å². The average Bonchev–Trinajstić information content (AvgIpc) is 2.35. The van der Waals surface area contributed by atoms with Crippen LogP contribution in [-0.4, -0.2) is 31.8 Å². The Hall–Kier alpha value is -1.95. The van der Waals surface area contributed by atoms with E-state index in [0.717, 1.165) is 5.56 Å². The van der Waals surface area contributed by atoms with Crippen molar-refractivity contribution in [2.45, 2.75) is 13.0 Å². The SMILES string of the molecule is COc1cc(CNCCC(N)=O)cc(OC)c1O. The molecule has 6 nitrogen and oxygen atoms in total. The van der Waals surface area contributed by atoms with Crippen LogP contribution in [0.2, 0.25) is 0 Å². The van der Waals surface area contributed by atoms with Crippen LogP contribution >= 0.6 is 0 Å². The van der Waals surface area contributed by atoms with Crippen molar-refractivity contribution in [3.8, 4) is 17.2 Å². The summed E-state index contributed by atoms with van der Waals surface area (Å²) >= 11 is 0. The van der Waals surface area contributed by atoms with E-state index in [4.69, 9.17) is 15.2 Å². The minimum absolute atomic E-state index is 0.0270. The molecule has 0 aliphatic rings. The van der Waals surface area contributed by atoms with E-state index in [1.165, 1.54) is 14.2 Å². The van der Waals surface area contributed by atoms with Crippen LogP contribution in [0.15, 0.2) is 12.1 Å². The van der Waals surface area contributed by atoms with Crippen molar-refractivity contribution >= 4 is 5.91 Å². The molecule has 0 heterocycles. The zero-order chi connectivity index (χ0) is 13.5. The molecular weight excluding hydrogens is 236 g/mol. The van der Waals surface area contributed by atoms with E-state index in [2.05, 4.69) is 5.32 Å². The highest BCUT2D eigenvalue weighted by molar-refractivity contribution is 5.73. The van der Waals surface area contributed by atoms with E-state index in [9.17, 15) is 9.90 Å². The molecule has 0 bridgehead atoms. The molecule has 1 rings (SSSR count). The van der Waals surface area contributed by atoms with Crippen LogP contribution in [0.4, 0.5) is 0 Å². The number of benzene rings is 1. The van der Waals surface area contributed by atoms with Gasteiger partial charge in [-0.25, -0.2) is 0 Å². The van der Waals surface area contributed by atoms with E-state index in [1.54, 1.807) is 12.1 Å². The van der Waals surface area contributed by atoms with Gasteiger partial charge in [0.05, 0.1) is 14.2 Å². The number of primary amides is 1. The second kappa shape index (κ2) is 6.70. The number of carbonyl (C=O) groups excluding carboxylic acids is 1. The molecule has 0 radical (unpaired) electrons. The molecule has 0 aliphatic heterocycles. The second-order valence-corrected chi connectivity index (χ2v) is 3.74. The minimum Gasteiger partial charge on any atom is -0.502 e. The smallest absolute Gasteiger partial charge is 0.218 e. The zero-order valence-corrected chi connectivity index (χ0v) is 10.5. The number of nitrogens with one attached hydrogen (secondary N) is 1. The lowest BCUT2D eigenvalue weighted by Gasteiger charge is -2.11. The summed E-state index contributed by atoms with van der Waals surface area (Å²) in [6.07, 6.45) is 0.284.